The van der Waals surface area contributed by atoms with Crippen LogP contribution in [0.4, 0.5) is 0 Å². The van der Waals surface area contributed by atoms with Crippen LogP contribution in [0.2, 0.25) is 10.0 Å². The Labute approximate surface area is 99.0 Å². The summed E-state index contributed by atoms with van der Waals surface area (Å²) in [6.07, 6.45) is 0.929. The molecule has 82 valence electrons. The number of rotatable bonds is 3. The van der Waals surface area contributed by atoms with E-state index in [-0.39, 0.29) is 12.0 Å². The van der Waals surface area contributed by atoms with E-state index in [0.29, 0.717) is 22.5 Å². The van der Waals surface area contributed by atoms with Gasteiger partial charge in [-0.25, -0.2) is 0 Å². The number of hydrogen-bond acceptors (Lipinski definition) is 2. The third-order valence-corrected chi connectivity index (χ3v) is 4.00. The second-order valence-electron chi connectivity index (χ2n) is 4.15. The molecule has 0 saturated heterocycles. The van der Waals surface area contributed by atoms with Crippen LogP contribution in [0.1, 0.15) is 17.9 Å². The van der Waals surface area contributed by atoms with E-state index < -0.39 is 0 Å². The van der Waals surface area contributed by atoms with Gasteiger partial charge < -0.3 is 10.8 Å². The molecule has 15 heavy (non-hydrogen) atoms. The Hall–Kier alpha value is -0.280. The van der Waals surface area contributed by atoms with E-state index >= 15 is 0 Å². The molecular formula is C11H13Cl2NO. The first-order valence-electron chi connectivity index (χ1n) is 4.89. The molecular weight excluding hydrogens is 233 g/mol. The fourth-order valence-corrected chi connectivity index (χ4v) is 2.32. The molecule has 0 aromatic heterocycles. The molecule has 1 fully saturated rings. The standard InChI is InChI=1S/C11H13Cl2NO/c12-9-2-1-7(3-10(9)13)8-4-11(8,5-14)6-15/h1-3,8,15H,4-6,14H2/t8-,11-/m0/s1. The van der Waals surface area contributed by atoms with Gasteiger partial charge in [0.15, 0.2) is 0 Å². The van der Waals surface area contributed by atoms with Gasteiger partial charge in [-0.1, -0.05) is 29.3 Å². The molecule has 1 aromatic rings. The van der Waals surface area contributed by atoms with Crippen molar-refractivity contribution in [3.8, 4) is 0 Å². The third-order valence-electron chi connectivity index (χ3n) is 3.26. The highest BCUT2D eigenvalue weighted by Crippen LogP contribution is 2.58. The molecule has 0 aliphatic heterocycles. The van der Waals surface area contributed by atoms with Crippen molar-refractivity contribution < 1.29 is 5.11 Å². The lowest BCUT2D eigenvalue weighted by molar-refractivity contribution is 0.211. The molecule has 1 saturated carbocycles. The molecule has 0 bridgehead atoms. The van der Waals surface area contributed by atoms with Crippen LogP contribution in [-0.4, -0.2) is 18.3 Å². The number of aliphatic hydroxyl groups excluding tert-OH is 1. The zero-order chi connectivity index (χ0) is 11.1. The second kappa shape index (κ2) is 3.95. The van der Waals surface area contributed by atoms with Gasteiger partial charge in [0.05, 0.1) is 16.7 Å². The first-order chi connectivity index (χ1) is 7.13. The lowest BCUT2D eigenvalue weighted by Crippen LogP contribution is -2.21. The van der Waals surface area contributed by atoms with Gasteiger partial charge in [-0.3, -0.25) is 0 Å². The fourth-order valence-electron chi connectivity index (χ4n) is 2.01. The van der Waals surface area contributed by atoms with E-state index in [4.69, 9.17) is 28.9 Å². The predicted octanol–water partition coefficient (Wildman–Crippen LogP) is 2.42. The maximum absolute atomic E-state index is 9.27. The SMILES string of the molecule is NC[C@]1(CO)C[C@H]1c1ccc(Cl)c(Cl)c1. The quantitative estimate of drug-likeness (QED) is 0.860. The summed E-state index contributed by atoms with van der Waals surface area (Å²) >= 11 is 11.8. The van der Waals surface area contributed by atoms with E-state index in [1.165, 1.54) is 0 Å². The van der Waals surface area contributed by atoms with Crippen LogP contribution in [0.15, 0.2) is 18.2 Å². The Morgan fingerprint density at radius 2 is 2.13 bits per heavy atom. The Morgan fingerprint density at radius 3 is 2.60 bits per heavy atom. The van der Waals surface area contributed by atoms with Gasteiger partial charge >= 0.3 is 0 Å². The molecule has 0 amide bonds. The fraction of sp³-hybridized carbons (Fsp3) is 0.455. The van der Waals surface area contributed by atoms with Crippen molar-refractivity contribution in [1.82, 2.24) is 0 Å². The molecule has 2 nitrogen and oxygen atoms in total. The largest absolute Gasteiger partial charge is 0.396 e. The smallest absolute Gasteiger partial charge is 0.0595 e. The van der Waals surface area contributed by atoms with Gasteiger partial charge in [-0.2, -0.15) is 0 Å². The minimum absolute atomic E-state index is 0.128. The van der Waals surface area contributed by atoms with Gasteiger partial charge in [0.25, 0.3) is 0 Å². The van der Waals surface area contributed by atoms with Crippen LogP contribution in [0.25, 0.3) is 0 Å². The van der Waals surface area contributed by atoms with E-state index in [2.05, 4.69) is 0 Å². The average molecular weight is 246 g/mol. The molecule has 1 aromatic carbocycles. The minimum Gasteiger partial charge on any atom is -0.396 e. The summed E-state index contributed by atoms with van der Waals surface area (Å²) < 4.78 is 0. The molecule has 2 rings (SSSR count). The van der Waals surface area contributed by atoms with Gasteiger partial charge in [0, 0.05) is 12.0 Å². The zero-order valence-electron chi connectivity index (χ0n) is 8.21. The van der Waals surface area contributed by atoms with Crippen LogP contribution < -0.4 is 5.73 Å². The lowest BCUT2D eigenvalue weighted by Gasteiger charge is -2.11. The van der Waals surface area contributed by atoms with Crippen molar-refractivity contribution >= 4 is 23.2 Å². The van der Waals surface area contributed by atoms with Crippen LogP contribution in [0.5, 0.6) is 0 Å². The van der Waals surface area contributed by atoms with Crippen LogP contribution in [0.3, 0.4) is 0 Å². The van der Waals surface area contributed by atoms with Gasteiger partial charge in [0.1, 0.15) is 0 Å². The normalized spacial score (nSPS) is 29.2. The van der Waals surface area contributed by atoms with Crippen molar-refractivity contribution in [3.05, 3.63) is 33.8 Å². The molecule has 3 N–H and O–H groups in total. The summed E-state index contributed by atoms with van der Waals surface area (Å²) in [5.74, 6) is 0.322. The summed E-state index contributed by atoms with van der Waals surface area (Å²) in [6.45, 7) is 0.642. The predicted molar refractivity (Wildman–Crippen MR) is 62.4 cm³/mol. The van der Waals surface area contributed by atoms with E-state index in [9.17, 15) is 5.11 Å². The van der Waals surface area contributed by atoms with Crippen LogP contribution in [0, 0.1) is 5.41 Å². The van der Waals surface area contributed by atoms with E-state index in [1.54, 1.807) is 6.07 Å². The van der Waals surface area contributed by atoms with Crippen LogP contribution >= 0.6 is 23.2 Å². The summed E-state index contributed by atoms with van der Waals surface area (Å²) in [4.78, 5) is 0. The van der Waals surface area contributed by atoms with Crippen molar-refractivity contribution in [1.29, 1.82) is 0 Å². The monoisotopic (exact) mass is 245 g/mol. The molecule has 2 atom stereocenters. The molecule has 0 spiro atoms. The minimum atomic E-state index is -0.128. The molecule has 0 unspecified atom stereocenters. The van der Waals surface area contributed by atoms with Gasteiger partial charge in [-0.05, 0) is 30.0 Å². The highest BCUT2D eigenvalue weighted by Gasteiger charge is 2.53. The highest BCUT2D eigenvalue weighted by molar-refractivity contribution is 6.42. The number of halogens is 2. The molecule has 1 aliphatic rings. The zero-order valence-corrected chi connectivity index (χ0v) is 9.72. The molecule has 0 heterocycles. The molecule has 0 radical (unpaired) electrons. The Morgan fingerprint density at radius 1 is 1.40 bits per heavy atom. The maximum Gasteiger partial charge on any atom is 0.0595 e. The number of aliphatic hydroxyl groups is 1. The first kappa shape index (κ1) is 11.2. The average Bonchev–Trinajstić information content (AvgIpc) is 2.97. The summed E-state index contributed by atoms with van der Waals surface area (Å²) in [5.41, 5.74) is 6.64. The summed E-state index contributed by atoms with van der Waals surface area (Å²) in [6, 6.07) is 5.60. The van der Waals surface area contributed by atoms with Crippen molar-refractivity contribution in [2.75, 3.05) is 13.2 Å². The molecule has 4 heteroatoms. The lowest BCUT2D eigenvalue weighted by atomic mass is 10.0. The van der Waals surface area contributed by atoms with E-state index in [1.807, 2.05) is 12.1 Å². The Balaban J connectivity index is 2.23. The van der Waals surface area contributed by atoms with E-state index in [0.717, 1.165) is 12.0 Å². The maximum atomic E-state index is 9.27. The van der Waals surface area contributed by atoms with Crippen molar-refractivity contribution in [2.24, 2.45) is 11.1 Å². The summed E-state index contributed by atoms with van der Waals surface area (Å²) in [7, 11) is 0. The summed E-state index contributed by atoms with van der Waals surface area (Å²) in [5, 5.41) is 10.4. The van der Waals surface area contributed by atoms with Gasteiger partial charge in [0.2, 0.25) is 0 Å². The number of nitrogens with two attached hydrogens (primary N) is 1. The topological polar surface area (TPSA) is 46.2 Å². The second-order valence-corrected chi connectivity index (χ2v) is 4.97. The number of benzene rings is 1. The van der Waals surface area contributed by atoms with Gasteiger partial charge in [-0.15, -0.1) is 0 Å². The third kappa shape index (κ3) is 1.87. The van der Waals surface area contributed by atoms with Crippen molar-refractivity contribution in [3.63, 3.8) is 0 Å². The molecule has 1 aliphatic carbocycles. The van der Waals surface area contributed by atoms with Crippen molar-refractivity contribution in [2.45, 2.75) is 12.3 Å². The Kier molecular flexibility index (Phi) is 2.95. The number of hydrogen-bond donors (Lipinski definition) is 2. The highest BCUT2D eigenvalue weighted by atomic mass is 35.5. The first-order valence-corrected chi connectivity index (χ1v) is 5.64. The van der Waals surface area contributed by atoms with Crippen LogP contribution in [-0.2, 0) is 0 Å². The Bertz CT molecular complexity index is 377.